The van der Waals surface area contributed by atoms with Gasteiger partial charge in [0.05, 0.1) is 11.9 Å². The number of hydrogen-bond donors (Lipinski definition) is 1. The van der Waals surface area contributed by atoms with Gasteiger partial charge in [0, 0.05) is 36.6 Å². The predicted molar refractivity (Wildman–Crippen MR) is 137 cm³/mol. The Morgan fingerprint density at radius 1 is 1.11 bits per heavy atom. The van der Waals surface area contributed by atoms with E-state index in [4.69, 9.17) is 9.47 Å². The second-order valence-electron chi connectivity index (χ2n) is 8.19. The summed E-state index contributed by atoms with van der Waals surface area (Å²) in [5.74, 6) is 0.561. The molecule has 0 saturated carbocycles. The summed E-state index contributed by atoms with van der Waals surface area (Å²) >= 11 is 3.40. The molecule has 11 heteroatoms. The highest BCUT2D eigenvalue weighted by molar-refractivity contribution is 9.10. The van der Waals surface area contributed by atoms with Crippen molar-refractivity contribution in [3.8, 4) is 11.5 Å². The molecule has 0 bridgehead atoms. The molecule has 190 valence electrons. The summed E-state index contributed by atoms with van der Waals surface area (Å²) < 4.78 is 37.8. The van der Waals surface area contributed by atoms with Crippen molar-refractivity contribution in [3.63, 3.8) is 0 Å². The van der Waals surface area contributed by atoms with E-state index in [2.05, 4.69) is 21.2 Å². The van der Waals surface area contributed by atoms with Gasteiger partial charge in [-0.1, -0.05) is 28.1 Å². The summed E-state index contributed by atoms with van der Waals surface area (Å²) in [7, 11) is -3.60. The van der Waals surface area contributed by atoms with Crippen LogP contribution in [0.5, 0.6) is 11.5 Å². The van der Waals surface area contributed by atoms with Gasteiger partial charge in [0.1, 0.15) is 6.04 Å². The first-order chi connectivity index (χ1) is 16.6. The van der Waals surface area contributed by atoms with Crippen molar-refractivity contribution in [1.29, 1.82) is 0 Å². The van der Waals surface area contributed by atoms with E-state index >= 15 is 0 Å². The second-order valence-corrected chi connectivity index (χ2v) is 11.0. The Bertz CT molecular complexity index is 1160. The summed E-state index contributed by atoms with van der Waals surface area (Å²) in [6, 6.07) is 11.8. The molecule has 1 aliphatic heterocycles. The predicted octanol–water partition coefficient (Wildman–Crippen LogP) is 3.28. The molecule has 1 atom stereocenters. The lowest BCUT2D eigenvalue weighted by atomic mass is 10.1. The molecule has 0 spiro atoms. The number of carbonyl (C=O) groups excluding carboxylic acids is 2. The Labute approximate surface area is 214 Å². The molecule has 1 unspecified atom stereocenters. The number of benzene rings is 2. The molecule has 9 nitrogen and oxygen atoms in total. The van der Waals surface area contributed by atoms with Gasteiger partial charge in [-0.2, -0.15) is 0 Å². The van der Waals surface area contributed by atoms with E-state index in [1.54, 1.807) is 25.1 Å². The van der Waals surface area contributed by atoms with Gasteiger partial charge < -0.3 is 19.7 Å². The van der Waals surface area contributed by atoms with Crippen LogP contribution in [0.1, 0.15) is 32.3 Å². The van der Waals surface area contributed by atoms with Crippen LogP contribution in [-0.2, 0) is 26.2 Å². The quantitative estimate of drug-likeness (QED) is 0.446. The molecule has 3 rings (SSSR count). The van der Waals surface area contributed by atoms with Gasteiger partial charge >= 0.3 is 0 Å². The van der Waals surface area contributed by atoms with E-state index in [1.165, 1.54) is 9.21 Å². The fourth-order valence-corrected chi connectivity index (χ4v) is 4.96. The number of fused-ring (bicyclic) bond motifs is 1. The van der Waals surface area contributed by atoms with Crippen LogP contribution in [-0.4, -0.2) is 57.3 Å². The number of nitrogens with zero attached hydrogens (tertiary/aromatic N) is 2. The zero-order valence-electron chi connectivity index (χ0n) is 20.0. The Kier molecular flexibility index (Phi) is 9.01. The van der Waals surface area contributed by atoms with Crippen LogP contribution in [0.25, 0.3) is 0 Å². The molecular weight excluding hydrogens is 538 g/mol. The maximum atomic E-state index is 13.2. The minimum Gasteiger partial charge on any atom is -0.454 e. The van der Waals surface area contributed by atoms with Crippen molar-refractivity contribution in [2.45, 2.75) is 39.3 Å². The normalized spacial score (nSPS) is 13.3. The molecule has 0 radical (unpaired) electrons. The van der Waals surface area contributed by atoms with Gasteiger partial charge in [-0.25, -0.2) is 8.42 Å². The molecule has 1 heterocycles. The molecule has 0 aromatic heterocycles. The smallest absolute Gasteiger partial charge is 0.242 e. The van der Waals surface area contributed by atoms with E-state index in [1.807, 2.05) is 31.2 Å². The van der Waals surface area contributed by atoms with Crippen LogP contribution >= 0.6 is 15.9 Å². The summed E-state index contributed by atoms with van der Waals surface area (Å²) in [5, 5.41) is 2.76. The Balaban J connectivity index is 1.71. The average molecular weight is 568 g/mol. The maximum Gasteiger partial charge on any atom is 0.242 e. The van der Waals surface area contributed by atoms with Gasteiger partial charge in [0.2, 0.25) is 28.6 Å². The monoisotopic (exact) mass is 567 g/mol. The summed E-state index contributed by atoms with van der Waals surface area (Å²) in [5.41, 5.74) is 1.32. The van der Waals surface area contributed by atoms with Gasteiger partial charge in [-0.15, -0.1) is 0 Å². The van der Waals surface area contributed by atoms with E-state index in [0.29, 0.717) is 23.7 Å². The zero-order valence-corrected chi connectivity index (χ0v) is 22.4. The third-order valence-electron chi connectivity index (χ3n) is 5.58. The molecule has 2 aromatic carbocycles. The summed E-state index contributed by atoms with van der Waals surface area (Å²) in [4.78, 5) is 27.2. The number of hydrogen-bond acceptors (Lipinski definition) is 6. The number of amides is 2. The highest BCUT2D eigenvalue weighted by atomic mass is 79.9. The first-order valence-electron chi connectivity index (χ1n) is 11.3. The number of ether oxygens (including phenoxy) is 2. The molecular formula is C24H30BrN3O6S. The van der Waals surface area contributed by atoms with E-state index < -0.39 is 16.1 Å². The van der Waals surface area contributed by atoms with Crippen molar-refractivity contribution < 1.29 is 27.5 Å². The van der Waals surface area contributed by atoms with Crippen molar-refractivity contribution in [3.05, 3.63) is 52.5 Å². The lowest BCUT2D eigenvalue weighted by Crippen LogP contribution is -2.47. The SMILES string of the molecule is CCNC(=O)C(C)N(Cc1ccc(Br)cc1)C(=O)CCCN(c1ccc2c(c1)OCO2)S(C)(=O)=O. The molecule has 0 saturated heterocycles. The van der Waals surface area contributed by atoms with Crippen molar-refractivity contribution in [1.82, 2.24) is 10.2 Å². The van der Waals surface area contributed by atoms with Crippen LogP contribution in [0.4, 0.5) is 5.69 Å². The van der Waals surface area contributed by atoms with E-state index in [9.17, 15) is 18.0 Å². The Morgan fingerprint density at radius 3 is 2.46 bits per heavy atom. The van der Waals surface area contributed by atoms with Crippen LogP contribution in [0, 0.1) is 0 Å². The van der Waals surface area contributed by atoms with Crippen molar-refractivity contribution in [2.75, 3.05) is 30.4 Å². The van der Waals surface area contributed by atoms with Gasteiger partial charge in [-0.3, -0.25) is 13.9 Å². The number of rotatable bonds is 11. The molecule has 2 aromatic rings. The third-order valence-corrected chi connectivity index (χ3v) is 7.30. The van der Waals surface area contributed by atoms with Crippen LogP contribution < -0.4 is 19.1 Å². The number of anilines is 1. The minimum atomic E-state index is -3.60. The molecule has 0 fully saturated rings. The number of halogens is 1. The fraction of sp³-hybridized carbons (Fsp3) is 0.417. The highest BCUT2D eigenvalue weighted by Crippen LogP contribution is 2.36. The molecule has 2 amide bonds. The Morgan fingerprint density at radius 2 is 1.80 bits per heavy atom. The van der Waals surface area contributed by atoms with Crippen LogP contribution in [0.15, 0.2) is 46.9 Å². The lowest BCUT2D eigenvalue weighted by Gasteiger charge is -2.29. The van der Waals surface area contributed by atoms with E-state index in [-0.39, 0.29) is 44.5 Å². The standard InChI is InChI=1S/C24H30BrN3O6S/c1-4-26-24(30)17(2)27(15-18-7-9-19(25)10-8-18)23(29)6-5-13-28(35(3,31)32)20-11-12-21-22(14-20)34-16-33-21/h7-12,14,17H,4-6,13,15-16H2,1-3H3,(H,26,30). The third kappa shape index (κ3) is 7.11. The molecule has 1 N–H and O–H groups in total. The maximum absolute atomic E-state index is 13.2. The second kappa shape index (κ2) is 11.8. The minimum absolute atomic E-state index is 0.0802. The van der Waals surface area contributed by atoms with Crippen molar-refractivity contribution >= 4 is 43.5 Å². The van der Waals surface area contributed by atoms with Crippen molar-refractivity contribution in [2.24, 2.45) is 0 Å². The first-order valence-corrected chi connectivity index (χ1v) is 13.9. The largest absolute Gasteiger partial charge is 0.454 e. The highest BCUT2D eigenvalue weighted by Gasteiger charge is 2.27. The van der Waals surface area contributed by atoms with Crippen LogP contribution in [0.2, 0.25) is 0 Å². The molecule has 35 heavy (non-hydrogen) atoms. The zero-order chi connectivity index (χ0) is 25.6. The molecule has 0 aliphatic carbocycles. The van der Waals surface area contributed by atoms with E-state index in [0.717, 1.165) is 16.3 Å². The first kappa shape index (κ1) is 26.8. The van der Waals surface area contributed by atoms with Gasteiger partial charge in [0.15, 0.2) is 11.5 Å². The average Bonchev–Trinajstić information content (AvgIpc) is 3.28. The summed E-state index contributed by atoms with van der Waals surface area (Å²) in [6.45, 7) is 4.43. The van der Waals surface area contributed by atoms with Gasteiger partial charge in [-0.05, 0) is 50.1 Å². The lowest BCUT2D eigenvalue weighted by molar-refractivity contribution is -0.140. The van der Waals surface area contributed by atoms with Gasteiger partial charge in [0.25, 0.3) is 0 Å². The fourth-order valence-electron chi connectivity index (χ4n) is 3.74. The van der Waals surface area contributed by atoms with Crippen LogP contribution in [0.3, 0.4) is 0 Å². The number of carbonyl (C=O) groups is 2. The Hall–Kier alpha value is -2.79. The number of nitrogens with one attached hydrogen (secondary N) is 1. The summed E-state index contributed by atoms with van der Waals surface area (Å²) in [6.07, 6.45) is 1.48. The topological polar surface area (TPSA) is 105 Å². The molecule has 1 aliphatic rings. The number of likely N-dealkylation sites (N-methyl/N-ethyl adjacent to an activating group) is 1. The number of sulfonamides is 1.